The molecule has 0 fully saturated rings. The Kier molecular flexibility index (Phi) is 4.88. The van der Waals surface area contributed by atoms with E-state index in [9.17, 15) is 9.59 Å². The predicted octanol–water partition coefficient (Wildman–Crippen LogP) is 2.22. The van der Waals surface area contributed by atoms with E-state index in [4.69, 9.17) is 15.9 Å². The van der Waals surface area contributed by atoms with Crippen LogP contribution in [0.2, 0.25) is 0 Å². The SMILES string of the molecule is C#CCO/C=C(/C(=O)OC)C1C(=O)N(C)c2ccc(Br)cc21. The summed E-state index contributed by atoms with van der Waals surface area (Å²) < 4.78 is 10.7. The van der Waals surface area contributed by atoms with Crippen LogP contribution in [0.5, 0.6) is 0 Å². The van der Waals surface area contributed by atoms with Crippen LogP contribution in [0.25, 0.3) is 0 Å². The molecule has 0 N–H and O–H groups in total. The monoisotopic (exact) mass is 363 g/mol. The average Bonchev–Trinajstić information content (AvgIpc) is 2.75. The molecule has 22 heavy (non-hydrogen) atoms. The number of methoxy groups -OCH3 is 1. The van der Waals surface area contributed by atoms with Gasteiger partial charge in [0, 0.05) is 17.2 Å². The van der Waals surface area contributed by atoms with Gasteiger partial charge in [0.15, 0.2) is 0 Å². The molecule has 0 spiro atoms. The molecular weight excluding hydrogens is 350 g/mol. The number of hydrogen-bond acceptors (Lipinski definition) is 4. The number of terminal acetylenes is 1. The van der Waals surface area contributed by atoms with E-state index in [1.165, 1.54) is 18.3 Å². The summed E-state index contributed by atoms with van der Waals surface area (Å²) in [6.45, 7) is 0.00256. The molecule has 1 atom stereocenters. The van der Waals surface area contributed by atoms with Gasteiger partial charge >= 0.3 is 5.97 Å². The van der Waals surface area contributed by atoms with Gasteiger partial charge in [-0.05, 0) is 23.8 Å². The van der Waals surface area contributed by atoms with Gasteiger partial charge < -0.3 is 14.4 Å². The topological polar surface area (TPSA) is 55.8 Å². The van der Waals surface area contributed by atoms with E-state index in [1.807, 2.05) is 12.1 Å². The first-order chi connectivity index (χ1) is 10.5. The summed E-state index contributed by atoms with van der Waals surface area (Å²) in [6, 6.07) is 5.45. The van der Waals surface area contributed by atoms with Crippen molar-refractivity contribution in [1.82, 2.24) is 0 Å². The molecule has 1 heterocycles. The molecule has 1 amide bonds. The minimum Gasteiger partial charge on any atom is -0.488 e. The van der Waals surface area contributed by atoms with E-state index in [0.717, 1.165) is 10.2 Å². The van der Waals surface area contributed by atoms with Crippen molar-refractivity contribution in [3.63, 3.8) is 0 Å². The molecule has 114 valence electrons. The van der Waals surface area contributed by atoms with E-state index < -0.39 is 11.9 Å². The summed E-state index contributed by atoms with van der Waals surface area (Å²) >= 11 is 3.38. The van der Waals surface area contributed by atoms with Crippen LogP contribution in [0.1, 0.15) is 11.5 Å². The fraction of sp³-hybridized carbons (Fsp3) is 0.250. The molecule has 2 rings (SSSR count). The molecular formula is C16H14BrNO4. The van der Waals surface area contributed by atoms with Gasteiger partial charge in [-0.2, -0.15) is 0 Å². The van der Waals surface area contributed by atoms with Crippen molar-refractivity contribution in [3.8, 4) is 12.3 Å². The molecule has 0 bridgehead atoms. The number of nitrogens with zero attached hydrogens (tertiary/aromatic N) is 1. The van der Waals surface area contributed by atoms with Gasteiger partial charge in [0.25, 0.3) is 0 Å². The first-order valence-electron chi connectivity index (χ1n) is 6.41. The van der Waals surface area contributed by atoms with Gasteiger partial charge in [0.05, 0.1) is 18.9 Å². The molecule has 0 saturated carbocycles. The summed E-state index contributed by atoms with van der Waals surface area (Å²) in [4.78, 5) is 26.1. The van der Waals surface area contributed by atoms with Crippen molar-refractivity contribution in [2.24, 2.45) is 0 Å². The fourth-order valence-corrected chi connectivity index (χ4v) is 2.72. The lowest BCUT2D eigenvalue weighted by Crippen LogP contribution is -2.27. The maximum atomic E-state index is 12.5. The van der Waals surface area contributed by atoms with Gasteiger partial charge in [-0.3, -0.25) is 4.79 Å². The van der Waals surface area contributed by atoms with Gasteiger partial charge in [-0.15, -0.1) is 6.42 Å². The number of fused-ring (bicyclic) bond motifs is 1. The quantitative estimate of drug-likeness (QED) is 0.270. The number of carbonyl (C=O) groups is 2. The average molecular weight is 364 g/mol. The van der Waals surface area contributed by atoms with Gasteiger partial charge in [-0.1, -0.05) is 21.9 Å². The third-order valence-electron chi connectivity index (χ3n) is 3.35. The summed E-state index contributed by atoms with van der Waals surface area (Å²) in [6.07, 6.45) is 6.33. The van der Waals surface area contributed by atoms with E-state index in [2.05, 4.69) is 21.9 Å². The van der Waals surface area contributed by atoms with Crippen LogP contribution < -0.4 is 4.90 Å². The standard InChI is InChI=1S/C16H14BrNO4/c1-4-7-22-9-12(16(20)21-3)14-11-8-10(17)5-6-13(11)18(2)15(14)19/h1,5-6,8-9,14H,7H2,2-3H3/b12-9+. The van der Waals surface area contributed by atoms with Crippen LogP contribution in [0.4, 0.5) is 5.69 Å². The van der Waals surface area contributed by atoms with Gasteiger partial charge in [0.2, 0.25) is 5.91 Å². The third kappa shape index (κ3) is 2.85. The Labute approximate surface area is 137 Å². The second-order valence-corrected chi connectivity index (χ2v) is 5.53. The molecule has 0 aromatic heterocycles. The maximum absolute atomic E-state index is 12.5. The van der Waals surface area contributed by atoms with Gasteiger partial charge in [0.1, 0.15) is 12.5 Å². The molecule has 1 aliphatic heterocycles. The Morgan fingerprint density at radius 1 is 1.55 bits per heavy atom. The number of carbonyl (C=O) groups excluding carboxylic acids is 2. The summed E-state index contributed by atoms with van der Waals surface area (Å²) in [5, 5.41) is 0. The molecule has 6 heteroatoms. The summed E-state index contributed by atoms with van der Waals surface area (Å²) in [5.41, 5.74) is 1.57. The smallest absolute Gasteiger partial charge is 0.338 e. The number of halogens is 1. The zero-order valence-corrected chi connectivity index (χ0v) is 13.7. The normalized spacial score (nSPS) is 17.0. The number of hydrogen-bond donors (Lipinski definition) is 0. The largest absolute Gasteiger partial charge is 0.488 e. The number of esters is 1. The second kappa shape index (κ2) is 6.67. The van der Waals surface area contributed by atoms with Crippen LogP contribution in [-0.4, -0.2) is 32.6 Å². The van der Waals surface area contributed by atoms with Crippen LogP contribution in [0.3, 0.4) is 0 Å². The molecule has 5 nitrogen and oxygen atoms in total. The number of anilines is 1. The van der Waals surface area contributed by atoms with Crippen LogP contribution in [0, 0.1) is 12.3 Å². The van der Waals surface area contributed by atoms with Crippen molar-refractivity contribution in [3.05, 3.63) is 40.1 Å². The second-order valence-electron chi connectivity index (χ2n) is 4.61. The third-order valence-corrected chi connectivity index (χ3v) is 3.84. The molecule has 1 aromatic rings. The Bertz CT molecular complexity index is 690. The lowest BCUT2D eigenvalue weighted by Gasteiger charge is -2.13. The van der Waals surface area contributed by atoms with Crippen molar-refractivity contribution >= 4 is 33.5 Å². The number of ether oxygens (including phenoxy) is 2. The minimum atomic E-state index is -0.775. The zero-order chi connectivity index (χ0) is 16.3. The van der Waals surface area contributed by atoms with Crippen molar-refractivity contribution in [2.45, 2.75) is 5.92 Å². The number of likely N-dealkylation sites (N-methyl/N-ethyl adjacent to an activating group) is 1. The summed E-state index contributed by atoms with van der Waals surface area (Å²) in [7, 11) is 2.91. The Morgan fingerprint density at radius 3 is 2.91 bits per heavy atom. The van der Waals surface area contributed by atoms with Crippen LogP contribution in [0.15, 0.2) is 34.5 Å². The molecule has 1 unspecified atom stereocenters. The molecule has 0 aliphatic carbocycles. The lowest BCUT2D eigenvalue weighted by molar-refractivity contribution is -0.137. The first-order valence-corrected chi connectivity index (χ1v) is 7.21. The molecule has 1 aliphatic rings. The predicted molar refractivity (Wildman–Crippen MR) is 85.2 cm³/mol. The van der Waals surface area contributed by atoms with Crippen molar-refractivity contribution in [2.75, 3.05) is 25.7 Å². The van der Waals surface area contributed by atoms with Crippen LogP contribution >= 0.6 is 15.9 Å². The van der Waals surface area contributed by atoms with Crippen molar-refractivity contribution < 1.29 is 19.1 Å². The van der Waals surface area contributed by atoms with E-state index >= 15 is 0 Å². The number of amides is 1. The molecule has 0 saturated heterocycles. The zero-order valence-electron chi connectivity index (χ0n) is 12.1. The maximum Gasteiger partial charge on any atom is 0.338 e. The first kappa shape index (κ1) is 16.1. The Morgan fingerprint density at radius 2 is 2.27 bits per heavy atom. The van der Waals surface area contributed by atoms with E-state index in [-0.39, 0.29) is 18.1 Å². The van der Waals surface area contributed by atoms with E-state index in [0.29, 0.717) is 5.56 Å². The van der Waals surface area contributed by atoms with Crippen molar-refractivity contribution in [1.29, 1.82) is 0 Å². The number of rotatable bonds is 4. The lowest BCUT2D eigenvalue weighted by atomic mass is 9.93. The minimum absolute atomic E-state index is 0.00256. The summed E-state index contributed by atoms with van der Waals surface area (Å²) in [5.74, 6) is 0.666. The van der Waals surface area contributed by atoms with E-state index in [1.54, 1.807) is 13.1 Å². The highest BCUT2D eigenvalue weighted by Crippen LogP contribution is 2.42. The van der Waals surface area contributed by atoms with Crippen LogP contribution in [-0.2, 0) is 19.1 Å². The highest BCUT2D eigenvalue weighted by molar-refractivity contribution is 9.10. The van der Waals surface area contributed by atoms with Gasteiger partial charge in [-0.25, -0.2) is 4.79 Å². The molecule has 0 radical (unpaired) electrons. The number of benzene rings is 1. The fourth-order valence-electron chi connectivity index (χ4n) is 2.34. The Hall–Kier alpha value is -2.26. The molecule has 1 aromatic carbocycles. The Balaban J connectivity index is 2.50. The highest BCUT2D eigenvalue weighted by Gasteiger charge is 2.40. The highest BCUT2D eigenvalue weighted by atomic mass is 79.9.